The van der Waals surface area contributed by atoms with E-state index < -0.39 is 82.3 Å². The second-order valence-corrected chi connectivity index (χ2v) is 17.1. The molecule has 0 N–H and O–H groups in total. The molecule has 1 aromatic rings. The second-order valence-electron chi connectivity index (χ2n) is 17.1. The Morgan fingerprint density at radius 3 is 1.70 bits per heavy atom. The van der Waals surface area contributed by atoms with Crippen LogP contribution < -0.4 is 0 Å². The molecule has 0 amide bonds. The van der Waals surface area contributed by atoms with Crippen LogP contribution in [-0.4, -0.2) is 73.1 Å². The Kier molecular flexibility index (Phi) is 15.0. The van der Waals surface area contributed by atoms with Crippen LogP contribution in [0.2, 0.25) is 0 Å². The molecule has 1 aliphatic heterocycles. The zero-order chi connectivity index (χ0) is 40.6. The van der Waals surface area contributed by atoms with Crippen molar-refractivity contribution >= 4 is 29.7 Å². The van der Waals surface area contributed by atoms with E-state index in [4.69, 9.17) is 34.8 Å². The summed E-state index contributed by atoms with van der Waals surface area (Å²) in [5.41, 5.74) is -2.42. The van der Waals surface area contributed by atoms with Gasteiger partial charge in [0.1, 0.15) is 12.7 Å². The average Bonchev–Trinajstić information content (AvgIpc) is 3.05. The van der Waals surface area contributed by atoms with Crippen molar-refractivity contribution in [3.8, 4) is 12.3 Å². The van der Waals surface area contributed by atoms with Crippen molar-refractivity contribution in [2.24, 2.45) is 21.7 Å². The minimum atomic E-state index is -2.25. The number of allylic oxidation sites excluding steroid dienone is 3. The molecule has 53 heavy (non-hydrogen) atoms. The van der Waals surface area contributed by atoms with E-state index in [2.05, 4.69) is 5.92 Å². The zero-order valence-corrected chi connectivity index (χ0v) is 33.6. The first-order chi connectivity index (χ1) is 24.3. The van der Waals surface area contributed by atoms with Gasteiger partial charge >= 0.3 is 23.9 Å². The largest absolute Gasteiger partial charge is 0.462 e. The predicted octanol–water partition coefficient (Wildman–Crippen LogP) is 6.75. The summed E-state index contributed by atoms with van der Waals surface area (Å²) >= 11 is 0. The molecule has 292 valence electrons. The smallest absolute Gasteiger partial charge is 0.311 e. The number of hydrogen-bond donors (Lipinski definition) is 0. The van der Waals surface area contributed by atoms with Crippen LogP contribution in [0, 0.1) is 34.0 Å². The van der Waals surface area contributed by atoms with Crippen LogP contribution in [0.4, 0.5) is 0 Å². The van der Waals surface area contributed by atoms with Crippen LogP contribution in [0.5, 0.6) is 0 Å². The van der Waals surface area contributed by atoms with Crippen molar-refractivity contribution in [3.05, 3.63) is 59.7 Å². The molecule has 0 bridgehead atoms. The number of ketones is 1. The maximum atomic E-state index is 13.5. The number of rotatable bonds is 12. The van der Waals surface area contributed by atoms with E-state index >= 15 is 0 Å². The van der Waals surface area contributed by atoms with E-state index in [9.17, 15) is 24.0 Å². The number of carbonyl (C=O) groups excluding carboxylic acids is 5. The van der Waals surface area contributed by atoms with Gasteiger partial charge in [-0.15, -0.1) is 6.42 Å². The van der Waals surface area contributed by atoms with Crippen LogP contribution in [0.1, 0.15) is 106 Å². The van der Waals surface area contributed by atoms with E-state index in [-0.39, 0.29) is 12.4 Å². The van der Waals surface area contributed by atoms with Crippen molar-refractivity contribution in [2.75, 3.05) is 13.2 Å². The molecule has 1 saturated heterocycles. The third-order valence-electron chi connectivity index (χ3n) is 7.97. The summed E-state index contributed by atoms with van der Waals surface area (Å²) in [4.78, 5) is 66.1. The maximum absolute atomic E-state index is 13.5. The van der Waals surface area contributed by atoms with Crippen LogP contribution in [0.25, 0.3) is 0 Å². The average molecular weight is 739 g/mol. The van der Waals surface area contributed by atoms with Gasteiger partial charge in [0.05, 0.1) is 28.3 Å². The van der Waals surface area contributed by atoms with Crippen molar-refractivity contribution in [1.29, 1.82) is 0 Å². The molecule has 2 rings (SSSR count). The molecule has 11 nitrogen and oxygen atoms in total. The van der Waals surface area contributed by atoms with Gasteiger partial charge in [-0.1, -0.05) is 49.4 Å². The Labute approximate surface area is 315 Å². The third kappa shape index (κ3) is 12.7. The molecule has 0 aromatic heterocycles. The fourth-order valence-electron chi connectivity index (χ4n) is 4.50. The van der Waals surface area contributed by atoms with Gasteiger partial charge < -0.3 is 28.4 Å². The molecule has 1 fully saturated rings. The Balaban J connectivity index is 2.65. The normalized spacial score (nSPS) is 22.6. The zero-order valence-electron chi connectivity index (χ0n) is 33.6. The van der Waals surface area contributed by atoms with Gasteiger partial charge in [-0.25, -0.2) is 0 Å². The van der Waals surface area contributed by atoms with Crippen molar-refractivity contribution in [3.63, 3.8) is 0 Å². The molecule has 1 aromatic carbocycles. The lowest BCUT2D eigenvalue weighted by atomic mass is 9.89. The quantitative estimate of drug-likeness (QED) is 0.0562. The molecule has 0 radical (unpaired) electrons. The van der Waals surface area contributed by atoms with Crippen molar-refractivity contribution in [1.82, 2.24) is 0 Å². The van der Waals surface area contributed by atoms with E-state index in [1.54, 1.807) is 107 Å². The van der Waals surface area contributed by atoms with E-state index in [0.717, 1.165) is 12.0 Å². The SMILES string of the molecule is C#CC1(OC/C=C/C=C/C(=O)c2ccc(CC)cc2)O[C@H](COC(=O)C(C)(C)C)[C@@H](OC(=O)C(C)(C)C)[C@H](OC(=O)C(C)(C)C)[C@H]1OC(=O)C(C)(C)C. The highest BCUT2D eigenvalue weighted by molar-refractivity contribution is 6.04. The Morgan fingerprint density at radius 1 is 0.736 bits per heavy atom. The lowest BCUT2D eigenvalue weighted by Gasteiger charge is -2.49. The first-order valence-corrected chi connectivity index (χ1v) is 17.8. The van der Waals surface area contributed by atoms with Gasteiger partial charge in [0, 0.05) is 5.56 Å². The summed E-state index contributed by atoms with van der Waals surface area (Å²) in [5, 5.41) is 0. The number of benzene rings is 1. The molecular weight excluding hydrogens is 680 g/mol. The molecule has 1 aliphatic rings. The molecule has 1 heterocycles. The minimum absolute atomic E-state index is 0.199. The first kappa shape index (κ1) is 44.9. The summed E-state index contributed by atoms with van der Waals surface area (Å²) < 4.78 is 36.2. The van der Waals surface area contributed by atoms with Gasteiger partial charge in [-0.3, -0.25) is 24.0 Å². The van der Waals surface area contributed by atoms with Gasteiger partial charge in [0.25, 0.3) is 5.79 Å². The fraction of sp³-hybridized carbons (Fsp3) is 0.595. The highest BCUT2D eigenvalue weighted by Gasteiger charge is 2.62. The monoisotopic (exact) mass is 738 g/mol. The lowest BCUT2D eigenvalue weighted by Crippen LogP contribution is -2.69. The molecule has 0 spiro atoms. The van der Waals surface area contributed by atoms with Gasteiger partial charge in [-0.2, -0.15) is 0 Å². The van der Waals surface area contributed by atoms with Crippen LogP contribution in [-0.2, 0) is 54.0 Å². The molecular formula is C42H58O11. The third-order valence-corrected chi connectivity index (χ3v) is 7.97. The number of ether oxygens (including phenoxy) is 6. The first-order valence-electron chi connectivity index (χ1n) is 17.8. The number of carbonyl (C=O) groups is 5. The maximum Gasteiger partial charge on any atom is 0.311 e. The molecule has 1 unspecified atom stereocenters. The fourth-order valence-corrected chi connectivity index (χ4v) is 4.50. The van der Waals surface area contributed by atoms with Crippen LogP contribution in [0.15, 0.2) is 48.6 Å². The molecule has 0 aliphatic carbocycles. The number of esters is 4. The Hall–Kier alpha value is -4.27. The lowest BCUT2D eigenvalue weighted by molar-refractivity contribution is -0.341. The highest BCUT2D eigenvalue weighted by Crippen LogP contribution is 2.39. The van der Waals surface area contributed by atoms with E-state index in [1.165, 1.54) is 12.2 Å². The summed E-state index contributed by atoms with van der Waals surface area (Å²) in [7, 11) is 0. The van der Waals surface area contributed by atoms with Crippen LogP contribution in [0.3, 0.4) is 0 Å². The van der Waals surface area contributed by atoms with Crippen molar-refractivity contribution in [2.45, 2.75) is 127 Å². The van der Waals surface area contributed by atoms with Gasteiger partial charge in [0.2, 0.25) is 6.10 Å². The minimum Gasteiger partial charge on any atom is -0.462 e. The topological polar surface area (TPSA) is 141 Å². The van der Waals surface area contributed by atoms with E-state index in [0.29, 0.717) is 5.56 Å². The van der Waals surface area contributed by atoms with Gasteiger partial charge in [0.15, 0.2) is 18.0 Å². The van der Waals surface area contributed by atoms with Crippen molar-refractivity contribution < 1.29 is 52.4 Å². The van der Waals surface area contributed by atoms with E-state index in [1.807, 2.05) is 19.1 Å². The molecule has 5 atom stereocenters. The van der Waals surface area contributed by atoms with Crippen LogP contribution >= 0.6 is 0 Å². The number of terminal acetylenes is 1. The summed E-state index contributed by atoms with van der Waals surface area (Å²) in [6.45, 7) is 20.9. The van der Waals surface area contributed by atoms with Gasteiger partial charge in [-0.05, 0) is 107 Å². The standard InChI is InChI=1S/C42H58O11/c1-15-27-21-23-28(24-22-27)29(43)20-18-17-19-25-49-42(16-2)33(52-37(47)41(12,13)14)32(51-36(46)40(9,10)11)31(50-35(45)39(6,7)8)30(53-42)26-48-34(44)38(3,4)5/h2,17-24,30-33H,15,25-26H2,1,3-14H3/b19-17+,20-18+/t30-,31-,32+,33-,42?/m1/s1. The summed E-state index contributed by atoms with van der Waals surface area (Å²) in [5.74, 6) is -2.75. The predicted molar refractivity (Wildman–Crippen MR) is 199 cm³/mol. The highest BCUT2D eigenvalue weighted by atomic mass is 16.8. The Bertz CT molecular complexity index is 1570. The summed E-state index contributed by atoms with van der Waals surface area (Å²) in [6.07, 6.45) is 6.95. The second kappa shape index (κ2) is 17.7. The molecule has 0 saturated carbocycles. The number of aryl methyl sites for hydroxylation is 1. The number of hydrogen-bond acceptors (Lipinski definition) is 11. The molecule has 11 heteroatoms. The summed E-state index contributed by atoms with van der Waals surface area (Å²) in [6, 6.07) is 7.32. The Morgan fingerprint density at radius 2 is 1.23 bits per heavy atom.